The number of carbonyl (C=O) groups excluding carboxylic acids is 5. The zero-order valence-corrected chi connectivity index (χ0v) is 22.0. The third kappa shape index (κ3) is 7.32. The van der Waals surface area contributed by atoms with E-state index in [1.165, 1.54) is 23.6 Å². The van der Waals surface area contributed by atoms with Crippen molar-refractivity contribution in [2.75, 3.05) is 12.3 Å². The van der Waals surface area contributed by atoms with Crippen LogP contribution in [-0.2, 0) is 30.4 Å². The van der Waals surface area contributed by atoms with Gasteiger partial charge >= 0.3 is 0 Å². The maximum absolute atomic E-state index is 13.6. The van der Waals surface area contributed by atoms with Crippen molar-refractivity contribution in [3.8, 4) is 0 Å². The van der Waals surface area contributed by atoms with Crippen molar-refractivity contribution in [1.82, 2.24) is 20.9 Å². The molecule has 1 aromatic rings. The number of hydrogen-bond donors (Lipinski definition) is 3. The molecule has 0 bridgehead atoms. The number of rotatable bonds is 7. The fourth-order valence-corrected chi connectivity index (χ4v) is 5.18. The summed E-state index contributed by atoms with van der Waals surface area (Å²) in [6.07, 6.45) is 3.14. The van der Waals surface area contributed by atoms with Gasteiger partial charge in [-0.3, -0.25) is 24.0 Å². The SMILES string of the molecule is CC(=O)SCCCCC1NC(=O)C2CCCN2C(=O)C(Cc2ccccc2)NC(=O)C(C)(C)NC1=O. The number of nitrogens with one attached hydrogen (secondary N) is 3. The molecule has 10 heteroatoms. The molecule has 0 saturated carbocycles. The number of benzene rings is 1. The van der Waals surface area contributed by atoms with Gasteiger partial charge in [0.1, 0.15) is 23.7 Å². The highest BCUT2D eigenvalue weighted by atomic mass is 32.2. The maximum Gasteiger partial charge on any atom is 0.246 e. The molecule has 2 aliphatic rings. The van der Waals surface area contributed by atoms with E-state index in [4.69, 9.17) is 0 Å². The lowest BCUT2D eigenvalue weighted by molar-refractivity contribution is -0.144. The van der Waals surface area contributed by atoms with Gasteiger partial charge in [0, 0.05) is 25.6 Å². The number of fused-ring (bicyclic) bond motifs is 1. The summed E-state index contributed by atoms with van der Waals surface area (Å²) in [5.41, 5.74) is -0.420. The van der Waals surface area contributed by atoms with Crippen molar-refractivity contribution in [3.63, 3.8) is 0 Å². The van der Waals surface area contributed by atoms with Crippen molar-refractivity contribution >= 4 is 40.5 Å². The average Bonchev–Trinajstić information content (AvgIpc) is 3.32. The van der Waals surface area contributed by atoms with Gasteiger partial charge in [-0.2, -0.15) is 0 Å². The third-order valence-corrected chi connectivity index (χ3v) is 7.45. The Morgan fingerprint density at radius 3 is 2.44 bits per heavy atom. The summed E-state index contributed by atoms with van der Waals surface area (Å²) in [5.74, 6) is -0.935. The topological polar surface area (TPSA) is 125 Å². The number of nitrogens with zero attached hydrogens (tertiary/aromatic N) is 1. The minimum atomic E-state index is -1.30. The van der Waals surface area contributed by atoms with E-state index >= 15 is 0 Å². The monoisotopic (exact) mass is 516 g/mol. The second-order valence-electron chi connectivity index (χ2n) is 9.92. The zero-order chi connectivity index (χ0) is 26.3. The van der Waals surface area contributed by atoms with Gasteiger partial charge in [0.25, 0.3) is 0 Å². The Morgan fingerprint density at radius 2 is 1.75 bits per heavy atom. The lowest BCUT2D eigenvalue weighted by atomic mass is 9.98. The van der Waals surface area contributed by atoms with Gasteiger partial charge in [0.15, 0.2) is 5.12 Å². The van der Waals surface area contributed by atoms with Gasteiger partial charge in [-0.1, -0.05) is 48.5 Å². The van der Waals surface area contributed by atoms with Crippen LogP contribution >= 0.6 is 11.8 Å². The highest BCUT2D eigenvalue weighted by Gasteiger charge is 2.42. The van der Waals surface area contributed by atoms with Crippen LogP contribution in [0.25, 0.3) is 0 Å². The van der Waals surface area contributed by atoms with Crippen LogP contribution in [0.5, 0.6) is 0 Å². The molecule has 2 heterocycles. The van der Waals surface area contributed by atoms with Crippen molar-refractivity contribution in [1.29, 1.82) is 0 Å². The third-order valence-electron chi connectivity index (χ3n) is 6.55. The summed E-state index contributed by atoms with van der Waals surface area (Å²) in [4.78, 5) is 66.0. The molecule has 2 aliphatic heterocycles. The van der Waals surface area contributed by atoms with Crippen LogP contribution in [-0.4, -0.2) is 69.6 Å². The molecule has 4 amide bonds. The molecule has 2 fully saturated rings. The fourth-order valence-electron chi connectivity index (χ4n) is 4.55. The molecule has 0 spiro atoms. The van der Waals surface area contributed by atoms with Crippen molar-refractivity contribution in [3.05, 3.63) is 35.9 Å². The summed E-state index contributed by atoms with van der Waals surface area (Å²) >= 11 is 1.23. The molecule has 0 aromatic heterocycles. The molecule has 196 valence electrons. The smallest absolute Gasteiger partial charge is 0.246 e. The van der Waals surface area contributed by atoms with E-state index in [0.29, 0.717) is 44.4 Å². The maximum atomic E-state index is 13.6. The Hall–Kier alpha value is -2.88. The predicted molar refractivity (Wildman–Crippen MR) is 138 cm³/mol. The minimum absolute atomic E-state index is 0.0383. The van der Waals surface area contributed by atoms with Gasteiger partial charge in [-0.05, 0) is 45.1 Å². The first-order valence-corrected chi connectivity index (χ1v) is 13.5. The molecule has 3 atom stereocenters. The second-order valence-corrected chi connectivity index (χ2v) is 11.2. The van der Waals surface area contributed by atoms with E-state index < -0.39 is 35.5 Å². The Kier molecular flexibility index (Phi) is 9.53. The molecule has 0 aliphatic carbocycles. The first kappa shape index (κ1) is 27.7. The number of hydrogen-bond acceptors (Lipinski definition) is 6. The summed E-state index contributed by atoms with van der Waals surface area (Å²) in [6.45, 7) is 5.09. The number of thioether (sulfide) groups is 1. The predicted octanol–water partition coefficient (Wildman–Crippen LogP) is 1.55. The van der Waals surface area contributed by atoms with E-state index in [-0.39, 0.29) is 23.4 Å². The molecular weight excluding hydrogens is 480 g/mol. The summed E-state index contributed by atoms with van der Waals surface area (Å²) < 4.78 is 0. The Bertz CT molecular complexity index is 984. The molecule has 36 heavy (non-hydrogen) atoms. The highest BCUT2D eigenvalue weighted by Crippen LogP contribution is 2.21. The largest absolute Gasteiger partial charge is 0.343 e. The molecular formula is C26H36N4O5S. The quantitative estimate of drug-likeness (QED) is 0.473. The Morgan fingerprint density at radius 1 is 1.03 bits per heavy atom. The minimum Gasteiger partial charge on any atom is -0.343 e. The summed E-state index contributed by atoms with van der Waals surface area (Å²) in [5, 5.41) is 8.49. The van der Waals surface area contributed by atoms with Crippen LogP contribution < -0.4 is 16.0 Å². The zero-order valence-electron chi connectivity index (χ0n) is 21.2. The Labute approximate surface area is 216 Å². The lowest BCUT2D eigenvalue weighted by Crippen LogP contribution is -2.64. The molecule has 1 aromatic carbocycles. The first-order valence-electron chi connectivity index (χ1n) is 12.5. The average molecular weight is 517 g/mol. The van der Waals surface area contributed by atoms with Crippen LogP contribution in [0.1, 0.15) is 58.4 Å². The fraction of sp³-hybridized carbons (Fsp3) is 0.577. The molecule has 2 saturated heterocycles. The summed E-state index contributed by atoms with van der Waals surface area (Å²) in [7, 11) is 0. The van der Waals surface area contributed by atoms with Crippen LogP contribution in [0.4, 0.5) is 0 Å². The number of carbonyl (C=O) groups is 5. The molecule has 9 nitrogen and oxygen atoms in total. The van der Waals surface area contributed by atoms with E-state index in [1.54, 1.807) is 13.8 Å². The summed E-state index contributed by atoms with van der Waals surface area (Å²) in [6, 6.07) is 6.99. The first-order chi connectivity index (χ1) is 17.1. The van der Waals surface area contributed by atoms with Crippen LogP contribution in [0.15, 0.2) is 30.3 Å². The van der Waals surface area contributed by atoms with Gasteiger partial charge in [0.2, 0.25) is 23.6 Å². The number of unbranched alkanes of at least 4 members (excludes halogenated alkanes) is 1. The van der Waals surface area contributed by atoms with Crippen molar-refractivity contribution < 1.29 is 24.0 Å². The number of amides is 4. The molecule has 0 radical (unpaired) electrons. The van der Waals surface area contributed by atoms with Crippen molar-refractivity contribution in [2.45, 2.75) is 83.0 Å². The second kappa shape index (κ2) is 12.4. The lowest BCUT2D eigenvalue weighted by Gasteiger charge is -2.34. The van der Waals surface area contributed by atoms with Gasteiger partial charge in [-0.25, -0.2) is 0 Å². The van der Waals surface area contributed by atoms with Gasteiger partial charge in [-0.15, -0.1) is 0 Å². The van der Waals surface area contributed by atoms with Crippen LogP contribution in [0.2, 0.25) is 0 Å². The van der Waals surface area contributed by atoms with E-state index in [0.717, 1.165) is 5.56 Å². The molecule has 3 rings (SSSR count). The van der Waals surface area contributed by atoms with E-state index in [9.17, 15) is 24.0 Å². The normalized spacial score (nSPS) is 24.6. The van der Waals surface area contributed by atoms with Crippen LogP contribution in [0, 0.1) is 0 Å². The molecule has 3 N–H and O–H groups in total. The Balaban J connectivity index is 1.83. The highest BCUT2D eigenvalue weighted by molar-refractivity contribution is 8.13. The van der Waals surface area contributed by atoms with Crippen LogP contribution in [0.3, 0.4) is 0 Å². The van der Waals surface area contributed by atoms with Crippen molar-refractivity contribution in [2.24, 2.45) is 0 Å². The van der Waals surface area contributed by atoms with Gasteiger partial charge in [0.05, 0.1) is 0 Å². The molecule has 3 unspecified atom stereocenters. The van der Waals surface area contributed by atoms with E-state index in [1.807, 2.05) is 30.3 Å². The van der Waals surface area contributed by atoms with Gasteiger partial charge < -0.3 is 20.9 Å². The standard InChI is InChI=1S/C26H36N4O5S/c1-17(31)36-15-8-7-12-19-22(32)29-26(2,3)25(35)28-20(16-18-10-5-4-6-11-18)24(34)30-14-9-13-21(30)23(33)27-19/h4-6,10-11,19-21H,7-9,12-16H2,1-3H3,(H,27,33)(H,28,35)(H,29,32). The van der Waals surface area contributed by atoms with E-state index in [2.05, 4.69) is 16.0 Å².